The van der Waals surface area contributed by atoms with Gasteiger partial charge in [-0.25, -0.2) is 4.79 Å². The molecular formula is C13H20N2O2. The van der Waals surface area contributed by atoms with Crippen LogP contribution in [0, 0.1) is 0 Å². The Bertz CT molecular complexity index is 364. The first-order valence-electron chi connectivity index (χ1n) is 5.82. The molecule has 17 heavy (non-hydrogen) atoms. The number of carboxylic acid groups (broad SMARTS) is 1. The Hall–Kier alpha value is -1.55. The topological polar surface area (TPSA) is 52.6 Å². The molecule has 0 radical (unpaired) electrons. The molecule has 4 heteroatoms. The number of carboxylic acids is 1. The van der Waals surface area contributed by atoms with E-state index in [0.29, 0.717) is 11.3 Å². The second-order valence-electron chi connectivity index (χ2n) is 4.29. The lowest BCUT2D eigenvalue weighted by Crippen LogP contribution is -2.14. The molecule has 0 saturated carbocycles. The zero-order valence-electron chi connectivity index (χ0n) is 10.4. The predicted molar refractivity (Wildman–Crippen MR) is 69.7 cm³/mol. The van der Waals surface area contributed by atoms with E-state index < -0.39 is 5.97 Å². The number of rotatable bonds is 7. The maximum atomic E-state index is 11.0. The minimum Gasteiger partial charge on any atom is -0.478 e. The molecule has 0 heterocycles. The zero-order chi connectivity index (χ0) is 12.7. The van der Waals surface area contributed by atoms with Crippen molar-refractivity contribution in [2.45, 2.75) is 12.8 Å². The number of nitrogens with zero attached hydrogens (tertiary/aromatic N) is 1. The lowest BCUT2D eigenvalue weighted by atomic mass is 10.1. The quantitative estimate of drug-likeness (QED) is 0.712. The molecule has 0 aromatic heterocycles. The Morgan fingerprint density at radius 1 is 1.29 bits per heavy atom. The standard InChI is InChI=1S/C13H20N2O2/c1-15(2)10-6-5-9-14-12-8-4-3-7-11(12)13(16)17/h3-4,7-8,14H,5-6,9-10H2,1-2H3,(H,16,17). The summed E-state index contributed by atoms with van der Waals surface area (Å²) in [6.07, 6.45) is 2.14. The van der Waals surface area contributed by atoms with Crippen molar-refractivity contribution in [3.8, 4) is 0 Å². The molecule has 1 rings (SSSR count). The van der Waals surface area contributed by atoms with Gasteiger partial charge in [-0.2, -0.15) is 0 Å². The van der Waals surface area contributed by atoms with Crippen LogP contribution in [-0.4, -0.2) is 43.2 Å². The van der Waals surface area contributed by atoms with E-state index in [4.69, 9.17) is 5.11 Å². The molecule has 0 saturated heterocycles. The van der Waals surface area contributed by atoms with Crippen LogP contribution in [0.25, 0.3) is 0 Å². The Morgan fingerprint density at radius 3 is 2.65 bits per heavy atom. The molecule has 0 fully saturated rings. The molecule has 0 aliphatic heterocycles. The molecule has 0 aliphatic rings. The van der Waals surface area contributed by atoms with E-state index in [0.717, 1.165) is 25.9 Å². The van der Waals surface area contributed by atoms with E-state index in [1.54, 1.807) is 18.2 Å². The molecule has 2 N–H and O–H groups in total. The minimum absolute atomic E-state index is 0.333. The first-order valence-corrected chi connectivity index (χ1v) is 5.82. The number of aromatic carboxylic acids is 1. The SMILES string of the molecule is CN(C)CCCCNc1ccccc1C(=O)O. The summed E-state index contributed by atoms with van der Waals surface area (Å²) in [6.45, 7) is 1.86. The van der Waals surface area contributed by atoms with Crippen molar-refractivity contribution in [3.05, 3.63) is 29.8 Å². The van der Waals surface area contributed by atoms with Crippen LogP contribution in [-0.2, 0) is 0 Å². The van der Waals surface area contributed by atoms with Crippen LogP contribution >= 0.6 is 0 Å². The van der Waals surface area contributed by atoms with Crippen LogP contribution in [0.5, 0.6) is 0 Å². The number of benzene rings is 1. The lowest BCUT2D eigenvalue weighted by molar-refractivity contribution is 0.0698. The van der Waals surface area contributed by atoms with Crippen LogP contribution in [0.15, 0.2) is 24.3 Å². The molecule has 0 aliphatic carbocycles. The summed E-state index contributed by atoms with van der Waals surface area (Å²) < 4.78 is 0. The molecule has 0 spiro atoms. The number of hydrogen-bond donors (Lipinski definition) is 2. The van der Waals surface area contributed by atoms with E-state index in [-0.39, 0.29) is 0 Å². The molecule has 0 unspecified atom stereocenters. The van der Waals surface area contributed by atoms with Crippen LogP contribution in [0.1, 0.15) is 23.2 Å². The second kappa shape index (κ2) is 6.91. The van der Waals surface area contributed by atoms with Crippen molar-refractivity contribution < 1.29 is 9.90 Å². The zero-order valence-corrected chi connectivity index (χ0v) is 10.4. The van der Waals surface area contributed by atoms with Crippen molar-refractivity contribution in [3.63, 3.8) is 0 Å². The van der Waals surface area contributed by atoms with Crippen molar-refractivity contribution in [2.75, 3.05) is 32.5 Å². The fourth-order valence-corrected chi connectivity index (χ4v) is 1.60. The summed E-state index contributed by atoms with van der Waals surface area (Å²) in [7, 11) is 4.10. The Kier molecular flexibility index (Phi) is 5.49. The fraction of sp³-hybridized carbons (Fsp3) is 0.462. The molecule has 1 aromatic carbocycles. The monoisotopic (exact) mass is 236 g/mol. The molecule has 0 atom stereocenters. The predicted octanol–water partition coefficient (Wildman–Crippen LogP) is 2.14. The summed E-state index contributed by atoms with van der Waals surface area (Å²) in [6, 6.07) is 7.00. The molecule has 0 bridgehead atoms. The normalized spacial score (nSPS) is 10.5. The lowest BCUT2D eigenvalue weighted by Gasteiger charge is -2.11. The largest absolute Gasteiger partial charge is 0.478 e. The van der Waals surface area contributed by atoms with Crippen LogP contribution in [0.2, 0.25) is 0 Å². The van der Waals surface area contributed by atoms with E-state index in [2.05, 4.69) is 10.2 Å². The van der Waals surface area contributed by atoms with Gasteiger partial charge >= 0.3 is 5.97 Å². The maximum Gasteiger partial charge on any atom is 0.337 e. The molecule has 4 nitrogen and oxygen atoms in total. The number of hydrogen-bond acceptors (Lipinski definition) is 3. The van der Waals surface area contributed by atoms with Crippen molar-refractivity contribution in [1.82, 2.24) is 4.90 Å². The van der Waals surface area contributed by atoms with Crippen LogP contribution < -0.4 is 5.32 Å². The summed E-state index contributed by atoms with van der Waals surface area (Å²) in [5, 5.41) is 12.2. The first kappa shape index (κ1) is 13.5. The van der Waals surface area contributed by atoms with Gasteiger partial charge in [-0.3, -0.25) is 0 Å². The summed E-state index contributed by atoms with van der Waals surface area (Å²) in [5.41, 5.74) is 1.03. The summed E-state index contributed by atoms with van der Waals surface area (Å²) in [5.74, 6) is -0.888. The van der Waals surface area contributed by atoms with Gasteiger partial charge in [0.1, 0.15) is 0 Å². The van der Waals surface area contributed by atoms with Gasteiger partial charge in [-0.15, -0.1) is 0 Å². The maximum absolute atomic E-state index is 11.0. The second-order valence-corrected chi connectivity index (χ2v) is 4.29. The van der Waals surface area contributed by atoms with Gasteiger partial charge in [0.25, 0.3) is 0 Å². The van der Waals surface area contributed by atoms with Gasteiger partial charge in [0, 0.05) is 12.2 Å². The van der Waals surface area contributed by atoms with Gasteiger partial charge in [0.15, 0.2) is 0 Å². The highest BCUT2D eigenvalue weighted by Gasteiger charge is 2.07. The van der Waals surface area contributed by atoms with Gasteiger partial charge in [0.05, 0.1) is 5.56 Å². The molecule has 0 amide bonds. The smallest absolute Gasteiger partial charge is 0.337 e. The van der Waals surface area contributed by atoms with E-state index in [1.807, 2.05) is 20.2 Å². The van der Waals surface area contributed by atoms with Gasteiger partial charge in [-0.05, 0) is 45.6 Å². The highest BCUT2D eigenvalue weighted by molar-refractivity contribution is 5.94. The van der Waals surface area contributed by atoms with Gasteiger partial charge in [-0.1, -0.05) is 12.1 Å². The van der Waals surface area contributed by atoms with Gasteiger partial charge < -0.3 is 15.3 Å². The number of para-hydroxylation sites is 1. The summed E-state index contributed by atoms with van der Waals surface area (Å²) >= 11 is 0. The first-order chi connectivity index (χ1) is 8.11. The number of nitrogens with one attached hydrogen (secondary N) is 1. The third-order valence-corrected chi connectivity index (χ3v) is 2.51. The average Bonchev–Trinajstić information content (AvgIpc) is 2.28. The Balaban J connectivity index is 2.39. The van der Waals surface area contributed by atoms with Crippen LogP contribution in [0.4, 0.5) is 5.69 Å². The Labute approximate surface area is 102 Å². The van der Waals surface area contributed by atoms with E-state index in [1.165, 1.54) is 0 Å². The van der Waals surface area contributed by atoms with Gasteiger partial charge in [0.2, 0.25) is 0 Å². The van der Waals surface area contributed by atoms with E-state index in [9.17, 15) is 4.79 Å². The molecule has 1 aromatic rings. The fourth-order valence-electron chi connectivity index (χ4n) is 1.60. The molecule has 94 valence electrons. The van der Waals surface area contributed by atoms with E-state index >= 15 is 0 Å². The van der Waals surface area contributed by atoms with Crippen molar-refractivity contribution >= 4 is 11.7 Å². The number of carbonyl (C=O) groups is 1. The minimum atomic E-state index is -0.888. The Morgan fingerprint density at radius 2 is 2.00 bits per heavy atom. The highest BCUT2D eigenvalue weighted by Crippen LogP contribution is 2.14. The average molecular weight is 236 g/mol. The third-order valence-electron chi connectivity index (χ3n) is 2.51. The van der Waals surface area contributed by atoms with Crippen molar-refractivity contribution in [2.24, 2.45) is 0 Å². The molecular weight excluding hydrogens is 216 g/mol. The highest BCUT2D eigenvalue weighted by atomic mass is 16.4. The number of unbranched alkanes of at least 4 members (excludes halogenated alkanes) is 1. The van der Waals surface area contributed by atoms with Crippen molar-refractivity contribution in [1.29, 1.82) is 0 Å². The van der Waals surface area contributed by atoms with Crippen LogP contribution in [0.3, 0.4) is 0 Å². The number of anilines is 1. The summed E-state index contributed by atoms with van der Waals surface area (Å²) in [4.78, 5) is 13.1. The third kappa shape index (κ3) is 4.87.